The maximum Gasteiger partial charge on any atom is 0.377 e. The maximum absolute atomic E-state index is 13.4. The van der Waals surface area contributed by atoms with Crippen LogP contribution in [0.3, 0.4) is 0 Å². The monoisotopic (exact) mass is 239 g/mol. The molecule has 0 bridgehead atoms. The van der Waals surface area contributed by atoms with Crippen molar-refractivity contribution in [2.75, 3.05) is 7.11 Å². The van der Waals surface area contributed by atoms with Gasteiger partial charge in [0.2, 0.25) is 0 Å². The lowest BCUT2D eigenvalue weighted by Crippen LogP contribution is -2.06. The minimum absolute atomic E-state index is 0.00551. The van der Waals surface area contributed by atoms with E-state index in [4.69, 9.17) is 0 Å². The van der Waals surface area contributed by atoms with E-state index in [1.54, 1.807) is 0 Å². The molecule has 7 heteroatoms. The molecule has 0 spiro atoms. The van der Waals surface area contributed by atoms with E-state index in [9.17, 15) is 13.6 Å². The molecule has 0 radical (unpaired) electrons. The molecule has 0 aliphatic rings. The Bertz CT molecular complexity index is 568. The number of rotatable bonds is 2. The van der Waals surface area contributed by atoms with Gasteiger partial charge in [0, 0.05) is 6.07 Å². The Hall–Kier alpha value is -2.31. The third-order valence-electron chi connectivity index (χ3n) is 2.02. The molecule has 0 saturated heterocycles. The predicted octanol–water partition coefficient (Wildman–Crippen LogP) is 1.33. The van der Waals surface area contributed by atoms with E-state index < -0.39 is 17.6 Å². The van der Waals surface area contributed by atoms with Gasteiger partial charge in [-0.2, -0.15) is 0 Å². The maximum atomic E-state index is 13.4. The molecule has 0 fully saturated rings. The Morgan fingerprint density at radius 1 is 1.41 bits per heavy atom. The summed E-state index contributed by atoms with van der Waals surface area (Å²) < 4.78 is 31.5. The molecule has 88 valence electrons. The quantitative estimate of drug-likeness (QED) is 0.742. The molecule has 0 saturated carbocycles. The highest BCUT2D eigenvalue weighted by Gasteiger charge is 2.14. The average molecular weight is 239 g/mol. The number of benzene rings is 1. The number of nitrogens with zero attached hydrogens (tertiary/aromatic N) is 3. The van der Waals surface area contributed by atoms with Crippen LogP contribution in [0.2, 0.25) is 0 Å². The topological polar surface area (TPSA) is 57.0 Å². The SMILES string of the molecule is COC(=O)c1ncn(-c2ccc(F)cc2F)n1. The average Bonchev–Trinajstić information content (AvgIpc) is 2.77. The second-order valence-electron chi connectivity index (χ2n) is 3.10. The predicted molar refractivity (Wildman–Crippen MR) is 52.6 cm³/mol. The van der Waals surface area contributed by atoms with E-state index >= 15 is 0 Å². The summed E-state index contributed by atoms with van der Waals surface area (Å²) in [6, 6.07) is 2.99. The second kappa shape index (κ2) is 4.28. The Morgan fingerprint density at radius 3 is 2.82 bits per heavy atom. The molecule has 17 heavy (non-hydrogen) atoms. The normalized spacial score (nSPS) is 10.3. The van der Waals surface area contributed by atoms with Crippen molar-refractivity contribution < 1.29 is 18.3 Å². The number of hydrogen-bond donors (Lipinski definition) is 0. The summed E-state index contributed by atoms with van der Waals surface area (Å²) in [6.45, 7) is 0. The van der Waals surface area contributed by atoms with Crippen LogP contribution in [0.25, 0.3) is 5.69 Å². The van der Waals surface area contributed by atoms with Crippen molar-refractivity contribution in [1.82, 2.24) is 14.8 Å². The van der Waals surface area contributed by atoms with Crippen molar-refractivity contribution in [3.05, 3.63) is 42.0 Å². The van der Waals surface area contributed by atoms with E-state index in [1.165, 1.54) is 13.2 Å². The van der Waals surface area contributed by atoms with Crippen molar-refractivity contribution in [3.63, 3.8) is 0 Å². The van der Waals surface area contributed by atoms with Gasteiger partial charge in [0.15, 0.2) is 5.82 Å². The van der Waals surface area contributed by atoms with Crippen molar-refractivity contribution in [2.45, 2.75) is 0 Å². The molecule has 0 unspecified atom stereocenters. The van der Waals surface area contributed by atoms with Gasteiger partial charge in [-0.15, -0.1) is 5.10 Å². The molecule has 2 aromatic rings. The fraction of sp³-hybridized carbons (Fsp3) is 0.100. The number of esters is 1. The van der Waals surface area contributed by atoms with Gasteiger partial charge < -0.3 is 4.74 Å². The Kier molecular flexibility index (Phi) is 2.82. The van der Waals surface area contributed by atoms with Crippen LogP contribution in [-0.4, -0.2) is 27.8 Å². The lowest BCUT2D eigenvalue weighted by Gasteiger charge is -2.01. The van der Waals surface area contributed by atoms with Gasteiger partial charge in [-0.25, -0.2) is 23.2 Å². The Morgan fingerprint density at radius 2 is 2.18 bits per heavy atom. The van der Waals surface area contributed by atoms with Crippen molar-refractivity contribution in [3.8, 4) is 5.69 Å². The first kappa shape index (κ1) is 11.2. The number of aromatic nitrogens is 3. The number of hydrogen-bond acceptors (Lipinski definition) is 4. The van der Waals surface area contributed by atoms with E-state index in [2.05, 4.69) is 14.8 Å². The van der Waals surface area contributed by atoms with Gasteiger partial charge in [-0.3, -0.25) is 0 Å². The molecule has 0 atom stereocenters. The fourth-order valence-corrected chi connectivity index (χ4v) is 1.23. The van der Waals surface area contributed by atoms with E-state index in [-0.39, 0.29) is 11.5 Å². The summed E-state index contributed by atoms with van der Waals surface area (Å²) in [5, 5.41) is 3.71. The van der Waals surface area contributed by atoms with Gasteiger partial charge >= 0.3 is 5.97 Å². The van der Waals surface area contributed by atoms with Gasteiger partial charge in [0.1, 0.15) is 17.8 Å². The largest absolute Gasteiger partial charge is 0.463 e. The molecule has 0 aliphatic heterocycles. The number of methoxy groups -OCH3 is 1. The number of ether oxygens (including phenoxy) is 1. The highest BCUT2D eigenvalue weighted by atomic mass is 19.1. The molecule has 0 aliphatic carbocycles. The van der Waals surface area contributed by atoms with Crippen LogP contribution in [0.4, 0.5) is 8.78 Å². The summed E-state index contributed by atoms with van der Waals surface area (Å²) in [5.41, 5.74) is -0.00551. The van der Waals surface area contributed by atoms with E-state index in [0.717, 1.165) is 23.1 Å². The number of halogens is 2. The van der Waals surface area contributed by atoms with Crippen LogP contribution < -0.4 is 0 Å². The summed E-state index contributed by atoms with van der Waals surface area (Å²) in [4.78, 5) is 14.7. The van der Waals surface area contributed by atoms with Crippen LogP contribution in [0, 0.1) is 11.6 Å². The number of carbonyl (C=O) groups is 1. The fourth-order valence-electron chi connectivity index (χ4n) is 1.23. The van der Waals surface area contributed by atoms with E-state index in [1.807, 2.05) is 0 Å². The van der Waals surface area contributed by atoms with Crippen molar-refractivity contribution in [1.29, 1.82) is 0 Å². The summed E-state index contributed by atoms with van der Waals surface area (Å²) in [6.07, 6.45) is 1.14. The minimum Gasteiger partial charge on any atom is -0.463 e. The summed E-state index contributed by atoms with van der Waals surface area (Å²) >= 11 is 0. The third-order valence-corrected chi connectivity index (χ3v) is 2.02. The first-order valence-electron chi connectivity index (χ1n) is 4.57. The number of carbonyl (C=O) groups excluding carboxylic acids is 1. The molecule has 5 nitrogen and oxygen atoms in total. The van der Waals surface area contributed by atoms with E-state index in [0.29, 0.717) is 0 Å². The Balaban J connectivity index is 2.40. The highest BCUT2D eigenvalue weighted by Crippen LogP contribution is 2.13. The first-order valence-corrected chi connectivity index (χ1v) is 4.57. The molecular weight excluding hydrogens is 232 g/mol. The van der Waals surface area contributed by atoms with Gasteiger partial charge in [-0.05, 0) is 12.1 Å². The van der Waals surface area contributed by atoms with Gasteiger partial charge in [-0.1, -0.05) is 0 Å². The summed E-state index contributed by atoms with van der Waals surface area (Å²) in [7, 11) is 1.18. The zero-order valence-electron chi connectivity index (χ0n) is 8.72. The molecule has 0 amide bonds. The molecule has 2 rings (SSSR count). The van der Waals surface area contributed by atoms with Gasteiger partial charge in [0.05, 0.1) is 7.11 Å². The summed E-state index contributed by atoms with van der Waals surface area (Å²) in [5.74, 6) is -2.42. The standard InChI is InChI=1S/C10H7F2N3O2/c1-17-10(16)9-13-5-15(14-9)8-3-2-6(11)4-7(8)12/h2-5H,1H3. The van der Waals surface area contributed by atoms with Crippen LogP contribution in [-0.2, 0) is 4.74 Å². The minimum atomic E-state index is -0.800. The second-order valence-corrected chi connectivity index (χ2v) is 3.10. The van der Waals surface area contributed by atoms with Crippen LogP contribution >= 0.6 is 0 Å². The van der Waals surface area contributed by atoms with Crippen molar-refractivity contribution >= 4 is 5.97 Å². The lowest BCUT2D eigenvalue weighted by atomic mass is 10.3. The first-order chi connectivity index (χ1) is 8.11. The molecule has 1 heterocycles. The zero-order valence-corrected chi connectivity index (χ0v) is 8.72. The smallest absolute Gasteiger partial charge is 0.377 e. The molecule has 1 aromatic carbocycles. The van der Waals surface area contributed by atoms with Crippen molar-refractivity contribution in [2.24, 2.45) is 0 Å². The molecular formula is C10H7F2N3O2. The molecule has 1 aromatic heterocycles. The van der Waals surface area contributed by atoms with Crippen LogP contribution in [0.15, 0.2) is 24.5 Å². The van der Waals surface area contributed by atoms with Crippen LogP contribution in [0.5, 0.6) is 0 Å². The molecule has 0 N–H and O–H groups in total. The Labute approximate surface area is 94.7 Å². The van der Waals surface area contributed by atoms with Crippen LogP contribution in [0.1, 0.15) is 10.6 Å². The lowest BCUT2D eigenvalue weighted by molar-refractivity contribution is 0.0587. The van der Waals surface area contributed by atoms with Gasteiger partial charge in [0.25, 0.3) is 5.82 Å². The third kappa shape index (κ3) is 2.12. The zero-order chi connectivity index (χ0) is 12.4. The highest BCUT2D eigenvalue weighted by molar-refractivity contribution is 5.84.